The summed E-state index contributed by atoms with van der Waals surface area (Å²) in [5.74, 6) is 0.529. The van der Waals surface area contributed by atoms with Crippen molar-refractivity contribution in [3.63, 3.8) is 0 Å². The first kappa shape index (κ1) is 10.9. The zero-order valence-corrected chi connectivity index (χ0v) is 7.38. The molecular weight excluding hydrogens is 142 g/mol. The molecular formula is C8H19NO2. The first-order valence-electron chi connectivity index (χ1n) is 4.16. The highest BCUT2D eigenvalue weighted by molar-refractivity contribution is 4.61. The highest BCUT2D eigenvalue weighted by Crippen LogP contribution is 2.02. The van der Waals surface area contributed by atoms with Gasteiger partial charge >= 0.3 is 0 Å². The van der Waals surface area contributed by atoms with Crippen molar-refractivity contribution < 1.29 is 10.2 Å². The van der Waals surface area contributed by atoms with Crippen LogP contribution in [0.15, 0.2) is 0 Å². The molecule has 1 unspecified atom stereocenters. The Morgan fingerprint density at radius 1 is 1.36 bits per heavy atom. The van der Waals surface area contributed by atoms with E-state index in [0.717, 1.165) is 6.42 Å². The van der Waals surface area contributed by atoms with E-state index >= 15 is 0 Å². The summed E-state index contributed by atoms with van der Waals surface area (Å²) >= 11 is 0. The molecule has 0 aliphatic heterocycles. The molecule has 0 saturated carbocycles. The van der Waals surface area contributed by atoms with Crippen LogP contribution < -0.4 is 5.32 Å². The molecule has 3 N–H and O–H groups in total. The van der Waals surface area contributed by atoms with Gasteiger partial charge in [-0.3, -0.25) is 0 Å². The van der Waals surface area contributed by atoms with Gasteiger partial charge in [0.15, 0.2) is 0 Å². The van der Waals surface area contributed by atoms with Crippen LogP contribution in [0.5, 0.6) is 0 Å². The number of aliphatic hydroxyl groups excluding tert-OH is 2. The van der Waals surface area contributed by atoms with Crippen molar-refractivity contribution in [3.05, 3.63) is 0 Å². The summed E-state index contributed by atoms with van der Waals surface area (Å²) < 4.78 is 0. The van der Waals surface area contributed by atoms with E-state index in [2.05, 4.69) is 19.2 Å². The van der Waals surface area contributed by atoms with E-state index in [4.69, 9.17) is 5.11 Å². The van der Waals surface area contributed by atoms with E-state index in [9.17, 15) is 5.11 Å². The van der Waals surface area contributed by atoms with E-state index < -0.39 is 0 Å². The molecule has 1 atom stereocenters. The Balaban J connectivity index is 3.15. The van der Waals surface area contributed by atoms with Crippen molar-refractivity contribution in [3.8, 4) is 0 Å². The van der Waals surface area contributed by atoms with Gasteiger partial charge in [-0.25, -0.2) is 0 Å². The molecule has 0 saturated heterocycles. The van der Waals surface area contributed by atoms with Crippen LogP contribution in [-0.2, 0) is 0 Å². The molecule has 0 aromatic heterocycles. The molecule has 0 aliphatic carbocycles. The maximum absolute atomic E-state index is 9.30. The topological polar surface area (TPSA) is 52.5 Å². The highest BCUT2D eigenvalue weighted by atomic mass is 16.3. The fourth-order valence-electron chi connectivity index (χ4n) is 0.975. The summed E-state index contributed by atoms with van der Waals surface area (Å²) in [5.41, 5.74) is 0. The van der Waals surface area contributed by atoms with Gasteiger partial charge < -0.3 is 15.5 Å². The monoisotopic (exact) mass is 161 g/mol. The molecule has 68 valence electrons. The SMILES string of the molecule is CC(C)CC(O)CNCCO. The van der Waals surface area contributed by atoms with E-state index in [0.29, 0.717) is 19.0 Å². The smallest absolute Gasteiger partial charge is 0.0667 e. The van der Waals surface area contributed by atoms with Crippen molar-refractivity contribution in [1.82, 2.24) is 5.32 Å². The van der Waals surface area contributed by atoms with Crippen molar-refractivity contribution >= 4 is 0 Å². The first-order chi connectivity index (χ1) is 5.16. The van der Waals surface area contributed by atoms with Gasteiger partial charge in [0.25, 0.3) is 0 Å². The summed E-state index contributed by atoms with van der Waals surface area (Å²) in [6, 6.07) is 0. The van der Waals surface area contributed by atoms with Gasteiger partial charge in [-0.2, -0.15) is 0 Å². The van der Waals surface area contributed by atoms with E-state index in [1.807, 2.05) is 0 Å². The largest absolute Gasteiger partial charge is 0.395 e. The third-order valence-corrected chi connectivity index (χ3v) is 1.41. The Labute approximate surface area is 68.4 Å². The molecule has 0 bridgehead atoms. The van der Waals surface area contributed by atoms with Crippen molar-refractivity contribution in [1.29, 1.82) is 0 Å². The average molecular weight is 161 g/mol. The van der Waals surface area contributed by atoms with Crippen LogP contribution in [0.4, 0.5) is 0 Å². The summed E-state index contributed by atoms with van der Waals surface area (Å²) in [5, 5.41) is 20.7. The average Bonchev–Trinajstić information content (AvgIpc) is 1.86. The van der Waals surface area contributed by atoms with Crippen molar-refractivity contribution in [2.45, 2.75) is 26.4 Å². The lowest BCUT2D eigenvalue weighted by atomic mass is 10.1. The minimum absolute atomic E-state index is 0.133. The minimum Gasteiger partial charge on any atom is -0.395 e. The Morgan fingerprint density at radius 3 is 2.45 bits per heavy atom. The number of hydrogen-bond acceptors (Lipinski definition) is 3. The Morgan fingerprint density at radius 2 is 2.00 bits per heavy atom. The van der Waals surface area contributed by atoms with E-state index in [1.165, 1.54) is 0 Å². The first-order valence-corrected chi connectivity index (χ1v) is 4.16. The Kier molecular flexibility index (Phi) is 6.51. The summed E-state index contributed by atoms with van der Waals surface area (Å²) in [6.45, 7) is 5.44. The maximum Gasteiger partial charge on any atom is 0.0667 e. The quantitative estimate of drug-likeness (QED) is 0.480. The molecule has 0 aromatic rings. The van der Waals surface area contributed by atoms with Gasteiger partial charge in [-0.05, 0) is 12.3 Å². The Hall–Kier alpha value is -0.120. The number of hydrogen-bond donors (Lipinski definition) is 3. The van der Waals surface area contributed by atoms with Crippen LogP contribution in [-0.4, -0.2) is 36.0 Å². The minimum atomic E-state index is -0.276. The molecule has 11 heavy (non-hydrogen) atoms. The highest BCUT2D eigenvalue weighted by Gasteiger charge is 2.04. The van der Waals surface area contributed by atoms with Gasteiger partial charge in [0.1, 0.15) is 0 Å². The lowest BCUT2D eigenvalue weighted by Gasteiger charge is -2.12. The van der Waals surface area contributed by atoms with Crippen molar-refractivity contribution in [2.24, 2.45) is 5.92 Å². The third kappa shape index (κ3) is 7.78. The Bertz CT molecular complexity index is 86.2. The molecule has 0 aliphatic rings. The lowest BCUT2D eigenvalue weighted by molar-refractivity contribution is 0.144. The fourth-order valence-corrected chi connectivity index (χ4v) is 0.975. The van der Waals surface area contributed by atoms with Crippen LogP contribution in [0, 0.1) is 5.92 Å². The molecule has 3 heteroatoms. The molecule has 0 heterocycles. The lowest BCUT2D eigenvalue weighted by Crippen LogP contribution is -2.29. The van der Waals surface area contributed by atoms with Crippen LogP contribution >= 0.6 is 0 Å². The number of nitrogens with one attached hydrogen (secondary N) is 1. The molecule has 0 amide bonds. The summed E-state index contributed by atoms with van der Waals surface area (Å²) in [4.78, 5) is 0. The second-order valence-electron chi connectivity index (χ2n) is 3.21. The van der Waals surface area contributed by atoms with Gasteiger partial charge in [0, 0.05) is 13.1 Å². The molecule has 0 radical (unpaired) electrons. The zero-order chi connectivity index (χ0) is 8.69. The second kappa shape index (κ2) is 6.58. The van der Waals surface area contributed by atoms with Gasteiger partial charge in [0.05, 0.1) is 12.7 Å². The predicted octanol–water partition coefficient (Wildman–Crippen LogP) is -0.0247. The van der Waals surface area contributed by atoms with Gasteiger partial charge in [-0.15, -0.1) is 0 Å². The van der Waals surface area contributed by atoms with Crippen LogP contribution in [0.2, 0.25) is 0 Å². The van der Waals surface area contributed by atoms with E-state index in [-0.39, 0.29) is 12.7 Å². The summed E-state index contributed by atoms with van der Waals surface area (Å²) in [7, 11) is 0. The van der Waals surface area contributed by atoms with Gasteiger partial charge in [-0.1, -0.05) is 13.8 Å². The van der Waals surface area contributed by atoms with Crippen LogP contribution in [0.1, 0.15) is 20.3 Å². The van der Waals surface area contributed by atoms with Crippen LogP contribution in [0.25, 0.3) is 0 Å². The molecule has 3 nitrogen and oxygen atoms in total. The molecule has 0 aromatic carbocycles. The molecule has 0 rings (SSSR count). The molecule has 0 spiro atoms. The van der Waals surface area contributed by atoms with Crippen molar-refractivity contribution in [2.75, 3.05) is 19.7 Å². The third-order valence-electron chi connectivity index (χ3n) is 1.41. The predicted molar refractivity (Wildman–Crippen MR) is 45.4 cm³/mol. The maximum atomic E-state index is 9.30. The summed E-state index contributed by atoms with van der Waals surface area (Å²) in [6.07, 6.45) is 0.542. The fraction of sp³-hybridized carbons (Fsp3) is 1.00. The zero-order valence-electron chi connectivity index (χ0n) is 7.38. The normalized spacial score (nSPS) is 13.9. The van der Waals surface area contributed by atoms with Crippen LogP contribution in [0.3, 0.4) is 0 Å². The van der Waals surface area contributed by atoms with E-state index in [1.54, 1.807) is 0 Å². The molecule has 0 fully saturated rings. The number of rotatable bonds is 6. The number of aliphatic hydroxyl groups is 2. The second-order valence-corrected chi connectivity index (χ2v) is 3.21. The van der Waals surface area contributed by atoms with Gasteiger partial charge in [0.2, 0.25) is 0 Å². The standard InChI is InChI=1S/C8H19NO2/c1-7(2)5-8(11)6-9-3-4-10/h7-11H,3-6H2,1-2H3.